The Morgan fingerprint density at radius 3 is 3.06 bits per heavy atom. The highest BCUT2D eigenvalue weighted by Crippen LogP contribution is 2.15. The Morgan fingerprint density at radius 2 is 2.33 bits per heavy atom. The number of benzene rings is 1. The molecule has 18 heavy (non-hydrogen) atoms. The maximum Gasteiger partial charge on any atom is 0.123 e. The second kappa shape index (κ2) is 6.28. The largest absolute Gasteiger partial charge is 0.383 e. The summed E-state index contributed by atoms with van der Waals surface area (Å²) in [5.41, 5.74) is 1.75. The Bertz CT molecular complexity index is 485. The van der Waals surface area contributed by atoms with Crippen LogP contribution < -0.4 is 5.32 Å². The van der Waals surface area contributed by atoms with Crippen LogP contribution in [-0.4, -0.2) is 30.0 Å². The number of hydrogen-bond acceptors (Lipinski definition) is 3. The number of hydrogen-bond donors (Lipinski definition) is 1. The zero-order valence-corrected chi connectivity index (χ0v) is 10.3. The number of methoxy groups -OCH3 is 1. The smallest absolute Gasteiger partial charge is 0.123 e. The zero-order chi connectivity index (χ0) is 12.8. The van der Waals surface area contributed by atoms with Crippen molar-refractivity contribution in [2.75, 3.05) is 20.3 Å². The number of nitrogens with zero attached hydrogens (tertiary/aromatic N) is 2. The molecule has 0 aliphatic carbocycles. The van der Waals surface area contributed by atoms with Gasteiger partial charge in [0, 0.05) is 32.6 Å². The average molecular weight is 249 g/mol. The van der Waals surface area contributed by atoms with E-state index in [9.17, 15) is 4.39 Å². The van der Waals surface area contributed by atoms with Crippen LogP contribution in [0.5, 0.6) is 0 Å². The first-order valence-electron chi connectivity index (χ1n) is 5.79. The summed E-state index contributed by atoms with van der Waals surface area (Å²) >= 11 is 0. The molecule has 1 N–H and O–H groups in total. The summed E-state index contributed by atoms with van der Waals surface area (Å²) in [6, 6.07) is 6.54. The summed E-state index contributed by atoms with van der Waals surface area (Å²) in [5.74, 6) is -0.241. The van der Waals surface area contributed by atoms with Crippen molar-refractivity contribution in [2.45, 2.75) is 6.54 Å². The van der Waals surface area contributed by atoms with Crippen LogP contribution in [0.4, 0.5) is 4.39 Å². The molecule has 4 nitrogen and oxygen atoms in total. The monoisotopic (exact) mass is 249 g/mol. The molecule has 0 radical (unpaired) electrons. The Labute approximate surface area is 105 Å². The lowest BCUT2D eigenvalue weighted by atomic mass is 10.1. The fourth-order valence-electron chi connectivity index (χ4n) is 1.73. The van der Waals surface area contributed by atoms with Gasteiger partial charge in [-0.25, -0.2) is 9.07 Å². The maximum absolute atomic E-state index is 13.3. The van der Waals surface area contributed by atoms with Gasteiger partial charge in [0.25, 0.3) is 0 Å². The molecule has 0 atom stereocenters. The standard InChI is InChI=1S/C13H16FN3O/c1-18-8-6-15-10-11-9-12(14)3-4-13(11)17-7-2-5-16-17/h2-5,7,9,15H,6,8,10H2,1H3. The van der Waals surface area contributed by atoms with Crippen molar-refractivity contribution >= 4 is 0 Å². The van der Waals surface area contributed by atoms with Crippen LogP contribution in [0.3, 0.4) is 0 Å². The summed E-state index contributed by atoms with van der Waals surface area (Å²) < 4.78 is 20.0. The minimum atomic E-state index is -0.241. The van der Waals surface area contributed by atoms with E-state index in [1.165, 1.54) is 12.1 Å². The van der Waals surface area contributed by atoms with E-state index in [1.54, 1.807) is 24.1 Å². The van der Waals surface area contributed by atoms with Gasteiger partial charge in [0.05, 0.1) is 12.3 Å². The molecule has 5 heteroatoms. The molecule has 0 aliphatic rings. The van der Waals surface area contributed by atoms with Gasteiger partial charge in [0.1, 0.15) is 5.82 Å². The fourth-order valence-corrected chi connectivity index (χ4v) is 1.73. The average Bonchev–Trinajstić information content (AvgIpc) is 2.88. The summed E-state index contributed by atoms with van der Waals surface area (Å²) in [5, 5.41) is 7.36. The van der Waals surface area contributed by atoms with Gasteiger partial charge in [0.15, 0.2) is 0 Å². The van der Waals surface area contributed by atoms with Gasteiger partial charge in [-0.05, 0) is 29.8 Å². The number of nitrogens with one attached hydrogen (secondary N) is 1. The Hall–Kier alpha value is -1.72. The normalized spacial score (nSPS) is 10.8. The molecule has 96 valence electrons. The van der Waals surface area contributed by atoms with E-state index in [4.69, 9.17) is 4.74 Å². The van der Waals surface area contributed by atoms with Gasteiger partial charge >= 0.3 is 0 Å². The number of halogens is 1. The molecule has 0 bridgehead atoms. The molecule has 0 saturated heterocycles. The molecule has 0 aliphatic heterocycles. The van der Waals surface area contributed by atoms with Gasteiger partial charge in [-0.15, -0.1) is 0 Å². The molecular weight excluding hydrogens is 233 g/mol. The second-order valence-electron chi connectivity index (χ2n) is 3.89. The van der Waals surface area contributed by atoms with Gasteiger partial charge < -0.3 is 10.1 Å². The molecule has 0 spiro atoms. The first-order valence-corrected chi connectivity index (χ1v) is 5.79. The lowest BCUT2D eigenvalue weighted by molar-refractivity contribution is 0.199. The van der Waals surface area contributed by atoms with Gasteiger partial charge in [0.2, 0.25) is 0 Å². The Morgan fingerprint density at radius 1 is 1.44 bits per heavy atom. The highest BCUT2D eigenvalue weighted by molar-refractivity contribution is 5.40. The highest BCUT2D eigenvalue weighted by Gasteiger charge is 2.06. The quantitative estimate of drug-likeness (QED) is 0.793. The lowest BCUT2D eigenvalue weighted by Crippen LogP contribution is -2.19. The van der Waals surface area contributed by atoms with Crippen LogP contribution in [0.15, 0.2) is 36.7 Å². The minimum Gasteiger partial charge on any atom is -0.383 e. The topological polar surface area (TPSA) is 39.1 Å². The van der Waals surface area contributed by atoms with E-state index in [1.807, 2.05) is 12.3 Å². The van der Waals surface area contributed by atoms with Crippen LogP contribution in [0.25, 0.3) is 5.69 Å². The van der Waals surface area contributed by atoms with E-state index in [2.05, 4.69) is 10.4 Å². The fraction of sp³-hybridized carbons (Fsp3) is 0.308. The van der Waals surface area contributed by atoms with Gasteiger partial charge in [-0.2, -0.15) is 5.10 Å². The van der Waals surface area contributed by atoms with E-state index in [-0.39, 0.29) is 5.82 Å². The van der Waals surface area contributed by atoms with E-state index in [0.717, 1.165) is 17.8 Å². The summed E-state index contributed by atoms with van der Waals surface area (Å²) in [6.07, 6.45) is 3.54. The summed E-state index contributed by atoms with van der Waals surface area (Å²) in [6.45, 7) is 1.94. The number of rotatable bonds is 6. The zero-order valence-electron chi connectivity index (χ0n) is 10.3. The predicted octanol–water partition coefficient (Wildman–Crippen LogP) is 1.75. The molecule has 0 fully saturated rings. The molecule has 0 saturated carbocycles. The third kappa shape index (κ3) is 3.15. The second-order valence-corrected chi connectivity index (χ2v) is 3.89. The van der Waals surface area contributed by atoms with Gasteiger partial charge in [-0.1, -0.05) is 0 Å². The van der Waals surface area contributed by atoms with E-state index >= 15 is 0 Å². The first-order chi connectivity index (χ1) is 8.81. The number of aromatic nitrogens is 2. The van der Waals surface area contributed by atoms with Crippen molar-refractivity contribution in [3.8, 4) is 5.69 Å². The summed E-state index contributed by atoms with van der Waals surface area (Å²) in [4.78, 5) is 0. The van der Waals surface area contributed by atoms with Crippen molar-refractivity contribution in [3.63, 3.8) is 0 Å². The third-order valence-corrected chi connectivity index (χ3v) is 2.59. The van der Waals surface area contributed by atoms with Crippen molar-refractivity contribution < 1.29 is 9.13 Å². The first kappa shape index (κ1) is 12.7. The molecule has 2 aromatic rings. The minimum absolute atomic E-state index is 0.241. The Balaban J connectivity index is 2.14. The molecule has 1 heterocycles. The predicted molar refractivity (Wildman–Crippen MR) is 67.1 cm³/mol. The molecule has 1 aromatic carbocycles. The molecular formula is C13H16FN3O. The lowest BCUT2D eigenvalue weighted by Gasteiger charge is -2.10. The van der Waals surface area contributed by atoms with Crippen molar-refractivity contribution in [1.29, 1.82) is 0 Å². The van der Waals surface area contributed by atoms with Crippen LogP contribution in [-0.2, 0) is 11.3 Å². The Kier molecular flexibility index (Phi) is 4.44. The molecule has 0 amide bonds. The van der Waals surface area contributed by atoms with E-state index in [0.29, 0.717) is 13.2 Å². The summed E-state index contributed by atoms with van der Waals surface area (Å²) in [7, 11) is 1.65. The third-order valence-electron chi connectivity index (χ3n) is 2.59. The van der Waals surface area contributed by atoms with Crippen LogP contribution in [0.1, 0.15) is 5.56 Å². The maximum atomic E-state index is 13.3. The van der Waals surface area contributed by atoms with Gasteiger partial charge in [-0.3, -0.25) is 0 Å². The molecule has 2 rings (SSSR count). The van der Waals surface area contributed by atoms with E-state index < -0.39 is 0 Å². The highest BCUT2D eigenvalue weighted by atomic mass is 19.1. The van der Waals surface area contributed by atoms with Crippen LogP contribution in [0.2, 0.25) is 0 Å². The molecule has 1 aromatic heterocycles. The van der Waals surface area contributed by atoms with Crippen LogP contribution in [0, 0.1) is 5.82 Å². The SMILES string of the molecule is COCCNCc1cc(F)ccc1-n1cccn1. The van der Waals surface area contributed by atoms with Crippen molar-refractivity contribution in [3.05, 3.63) is 48.0 Å². The van der Waals surface area contributed by atoms with Crippen molar-refractivity contribution in [1.82, 2.24) is 15.1 Å². The molecule has 0 unspecified atom stereocenters. The number of ether oxygens (including phenoxy) is 1. The van der Waals surface area contributed by atoms with Crippen LogP contribution >= 0.6 is 0 Å². The van der Waals surface area contributed by atoms with Crippen molar-refractivity contribution in [2.24, 2.45) is 0 Å².